The smallest absolute Gasteiger partial charge is 0.170 e. The third-order valence-electron chi connectivity index (χ3n) is 1.79. The van der Waals surface area contributed by atoms with Gasteiger partial charge in [0.25, 0.3) is 0 Å². The summed E-state index contributed by atoms with van der Waals surface area (Å²) in [6, 6.07) is 9.45. The second kappa shape index (κ2) is 5.81. The standard InChI is InChI=1S/C10H14N2O2S2/c1-16(13,14)8-7-11-10(15)12-9-5-3-2-4-6-9/h2-6H,7-8H2,1H3,(H2,11,12,15). The van der Waals surface area contributed by atoms with E-state index < -0.39 is 9.84 Å². The van der Waals surface area contributed by atoms with E-state index in [2.05, 4.69) is 10.6 Å². The summed E-state index contributed by atoms with van der Waals surface area (Å²) < 4.78 is 21.7. The lowest BCUT2D eigenvalue weighted by Gasteiger charge is -2.09. The van der Waals surface area contributed by atoms with Gasteiger partial charge in [-0.2, -0.15) is 0 Å². The van der Waals surface area contributed by atoms with Crippen LogP contribution in [-0.4, -0.2) is 32.1 Å². The SMILES string of the molecule is CS(=O)(=O)CCNC(=S)Nc1ccccc1. The molecule has 1 aromatic rings. The molecule has 0 heterocycles. The third kappa shape index (κ3) is 5.67. The Morgan fingerprint density at radius 3 is 2.50 bits per heavy atom. The molecule has 0 aromatic heterocycles. The highest BCUT2D eigenvalue weighted by Gasteiger charge is 2.02. The molecule has 0 amide bonds. The third-order valence-corrected chi connectivity index (χ3v) is 2.98. The van der Waals surface area contributed by atoms with Crippen LogP contribution in [0.4, 0.5) is 5.69 Å². The second-order valence-electron chi connectivity index (χ2n) is 3.38. The van der Waals surface area contributed by atoms with Crippen molar-refractivity contribution in [1.29, 1.82) is 0 Å². The zero-order valence-corrected chi connectivity index (χ0v) is 10.6. The van der Waals surface area contributed by atoms with Crippen LogP contribution >= 0.6 is 12.2 Å². The predicted molar refractivity (Wildman–Crippen MR) is 70.4 cm³/mol. The molecule has 1 rings (SSSR count). The minimum atomic E-state index is -2.94. The molecule has 2 N–H and O–H groups in total. The molecule has 0 atom stereocenters. The lowest BCUT2D eigenvalue weighted by Crippen LogP contribution is -2.32. The van der Waals surface area contributed by atoms with Crippen LogP contribution in [0.2, 0.25) is 0 Å². The summed E-state index contributed by atoms with van der Waals surface area (Å²) in [5.74, 6) is 0.0730. The highest BCUT2D eigenvalue weighted by atomic mass is 32.2. The predicted octanol–water partition coefficient (Wildman–Crippen LogP) is 1.02. The molecule has 1 aromatic carbocycles. The molecule has 6 heteroatoms. The van der Waals surface area contributed by atoms with E-state index in [9.17, 15) is 8.42 Å². The Morgan fingerprint density at radius 1 is 1.31 bits per heavy atom. The van der Waals surface area contributed by atoms with Crippen molar-refractivity contribution in [1.82, 2.24) is 5.32 Å². The lowest BCUT2D eigenvalue weighted by atomic mass is 10.3. The molecule has 0 unspecified atom stereocenters. The molecule has 0 saturated carbocycles. The van der Waals surface area contributed by atoms with E-state index in [-0.39, 0.29) is 5.75 Å². The second-order valence-corrected chi connectivity index (χ2v) is 6.04. The molecular weight excluding hydrogens is 244 g/mol. The topological polar surface area (TPSA) is 58.2 Å². The van der Waals surface area contributed by atoms with E-state index >= 15 is 0 Å². The Bertz CT molecular complexity index is 443. The van der Waals surface area contributed by atoms with Gasteiger partial charge >= 0.3 is 0 Å². The average molecular weight is 258 g/mol. The number of rotatable bonds is 4. The number of hydrogen-bond acceptors (Lipinski definition) is 3. The minimum Gasteiger partial charge on any atom is -0.361 e. The fraction of sp³-hybridized carbons (Fsp3) is 0.300. The van der Waals surface area contributed by atoms with E-state index in [0.29, 0.717) is 11.7 Å². The van der Waals surface area contributed by atoms with Crippen LogP contribution in [0, 0.1) is 0 Å². The van der Waals surface area contributed by atoms with Gasteiger partial charge in [-0.25, -0.2) is 8.42 Å². The van der Waals surface area contributed by atoms with Crippen molar-refractivity contribution in [3.63, 3.8) is 0 Å². The van der Waals surface area contributed by atoms with E-state index in [0.717, 1.165) is 5.69 Å². The highest BCUT2D eigenvalue weighted by Crippen LogP contribution is 2.03. The summed E-state index contributed by atoms with van der Waals surface area (Å²) >= 11 is 5.01. The van der Waals surface area contributed by atoms with Crippen LogP contribution in [0.1, 0.15) is 0 Å². The van der Waals surface area contributed by atoms with Gasteiger partial charge in [0.15, 0.2) is 5.11 Å². The summed E-state index contributed by atoms with van der Waals surface area (Å²) in [6.07, 6.45) is 1.20. The summed E-state index contributed by atoms with van der Waals surface area (Å²) in [5, 5.41) is 6.21. The maximum atomic E-state index is 10.9. The summed E-state index contributed by atoms with van der Waals surface area (Å²) in [7, 11) is -2.94. The molecule has 0 radical (unpaired) electrons. The Labute approximate surface area is 101 Å². The average Bonchev–Trinajstić information content (AvgIpc) is 2.17. The fourth-order valence-electron chi connectivity index (χ4n) is 1.05. The Kier molecular flexibility index (Phi) is 4.70. The van der Waals surface area contributed by atoms with Gasteiger partial charge in [-0.1, -0.05) is 18.2 Å². The van der Waals surface area contributed by atoms with Crippen molar-refractivity contribution in [3.8, 4) is 0 Å². The van der Waals surface area contributed by atoms with Crippen molar-refractivity contribution in [2.75, 3.05) is 23.9 Å². The first-order valence-electron chi connectivity index (χ1n) is 4.75. The molecule has 0 aliphatic rings. The molecule has 0 saturated heterocycles. The Morgan fingerprint density at radius 2 is 1.94 bits per heavy atom. The normalized spacial score (nSPS) is 10.8. The van der Waals surface area contributed by atoms with E-state index in [1.807, 2.05) is 30.3 Å². The summed E-state index contributed by atoms with van der Waals surface area (Å²) in [4.78, 5) is 0. The van der Waals surface area contributed by atoms with Crippen molar-refractivity contribution in [2.24, 2.45) is 0 Å². The Hall–Kier alpha value is -1.14. The van der Waals surface area contributed by atoms with Gasteiger partial charge in [0.1, 0.15) is 9.84 Å². The maximum Gasteiger partial charge on any atom is 0.170 e. The van der Waals surface area contributed by atoms with Crippen LogP contribution in [0.5, 0.6) is 0 Å². The Balaban J connectivity index is 2.32. The number of hydrogen-bond donors (Lipinski definition) is 2. The molecule has 16 heavy (non-hydrogen) atoms. The number of para-hydroxylation sites is 1. The molecule has 4 nitrogen and oxygen atoms in total. The quantitative estimate of drug-likeness (QED) is 0.790. The van der Waals surface area contributed by atoms with Gasteiger partial charge in [-0.3, -0.25) is 0 Å². The van der Waals surface area contributed by atoms with E-state index in [1.54, 1.807) is 0 Å². The molecule has 0 fully saturated rings. The van der Waals surface area contributed by atoms with Crippen molar-refractivity contribution in [2.45, 2.75) is 0 Å². The van der Waals surface area contributed by atoms with Gasteiger partial charge in [0.05, 0.1) is 5.75 Å². The summed E-state index contributed by atoms with van der Waals surface area (Å²) in [5.41, 5.74) is 0.874. The van der Waals surface area contributed by atoms with Gasteiger partial charge in [0.2, 0.25) is 0 Å². The van der Waals surface area contributed by atoms with Gasteiger partial charge in [0, 0.05) is 18.5 Å². The maximum absolute atomic E-state index is 10.9. The van der Waals surface area contributed by atoms with Crippen LogP contribution in [0.15, 0.2) is 30.3 Å². The highest BCUT2D eigenvalue weighted by molar-refractivity contribution is 7.90. The first-order valence-corrected chi connectivity index (χ1v) is 7.22. The van der Waals surface area contributed by atoms with Crippen LogP contribution in [0.25, 0.3) is 0 Å². The molecule has 0 aliphatic heterocycles. The number of thiocarbonyl (C=S) groups is 1. The van der Waals surface area contributed by atoms with Gasteiger partial charge in [-0.05, 0) is 24.4 Å². The zero-order chi connectivity index (χ0) is 12.0. The lowest BCUT2D eigenvalue weighted by molar-refractivity contribution is 0.600. The number of anilines is 1. The summed E-state index contributed by atoms with van der Waals surface area (Å²) in [6.45, 7) is 0.317. The number of nitrogens with one attached hydrogen (secondary N) is 2. The van der Waals surface area contributed by atoms with Crippen molar-refractivity contribution >= 4 is 32.9 Å². The molecule has 0 spiro atoms. The fourth-order valence-corrected chi connectivity index (χ4v) is 1.74. The van der Waals surface area contributed by atoms with E-state index in [1.165, 1.54) is 6.26 Å². The zero-order valence-electron chi connectivity index (χ0n) is 8.93. The minimum absolute atomic E-state index is 0.0730. The van der Waals surface area contributed by atoms with Gasteiger partial charge in [-0.15, -0.1) is 0 Å². The van der Waals surface area contributed by atoms with Gasteiger partial charge < -0.3 is 10.6 Å². The largest absolute Gasteiger partial charge is 0.361 e. The molecular formula is C10H14N2O2S2. The molecule has 88 valence electrons. The first kappa shape index (κ1) is 12.9. The van der Waals surface area contributed by atoms with Crippen molar-refractivity contribution < 1.29 is 8.42 Å². The van der Waals surface area contributed by atoms with Crippen LogP contribution in [-0.2, 0) is 9.84 Å². The monoisotopic (exact) mass is 258 g/mol. The van der Waals surface area contributed by atoms with Crippen LogP contribution < -0.4 is 10.6 Å². The first-order chi connectivity index (χ1) is 7.47. The van der Waals surface area contributed by atoms with Crippen LogP contribution in [0.3, 0.4) is 0 Å². The number of benzene rings is 1. The number of sulfone groups is 1. The molecule has 0 aliphatic carbocycles. The van der Waals surface area contributed by atoms with Crippen molar-refractivity contribution in [3.05, 3.63) is 30.3 Å². The molecule has 0 bridgehead atoms. The van der Waals surface area contributed by atoms with E-state index in [4.69, 9.17) is 12.2 Å².